The monoisotopic (exact) mass is 442 g/mol. The number of aryl methyl sites for hydroxylation is 1. The Morgan fingerprint density at radius 3 is 2.76 bits per heavy atom. The van der Waals surface area contributed by atoms with Crippen molar-refractivity contribution in [2.75, 3.05) is 18.5 Å². The van der Waals surface area contributed by atoms with E-state index in [1.807, 2.05) is 49.4 Å². The second-order valence-corrected chi connectivity index (χ2v) is 7.64. The molecule has 166 valence electrons. The molecule has 4 aromatic rings. The number of nitrogens with zero attached hydrogens (tertiary/aromatic N) is 3. The van der Waals surface area contributed by atoms with Crippen molar-refractivity contribution in [3.63, 3.8) is 0 Å². The topological polar surface area (TPSA) is 87.5 Å². The second kappa shape index (κ2) is 9.04. The Morgan fingerprint density at radius 1 is 1.03 bits per heavy atom. The lowest BCUT2D eigenvalue weighted by Gasteiger charge is -2.18. The van der Waals surface area contributed by atoms with E-state index in [0.717, 1.165) is 11.3 Å². The zero-order chi connectivity index (χ0) is 22.6. The van der Waals surface area contributed by atoms with Gasteiger partial charge in [0.2, 0.25) is 0 Å². The maximum absolute atomic E-state index is 12.7. The highest BCUT2D eigenvalue weighted by Gasteiger charge is 2.16. The molecule has 0 saturated carbocycles. The molecule has 33 heavy (non-hydrogen) atoms. The predicted molar refractivity (Wildman–Crippen MR) is 122 cm³/mol. The minimum atomic E-state index is -0.366. The molecule has 1 aliphatic rings. The number of benzene rings is 3. The van der Waals surface area contributed by atoms with Gasteiger partial charge in [0.1, 0.15) is 25.6 Å². The van der Waals surface area contributed by atoms with Crippen molar-refractivity contribution in [2.45, 2.75) is 13.5 Å². The third-order valence-electron chi connectivity index (χ3n) is 5.10. The van der Waals surface area contributed by atoms with Crippen LogP contribution in [0.5, 0.6) is 17.2 Å². The molecule has 0 unspecified atom stereocenters. The number of aromatic nitrogens is 3. The zero-order valence-electron chi connectivity index (χ0n) is 18.0. The van der Waals surface area contributed by atoms with E-state index in [4.69, 9.17) is 14.2 Å². The number of hydrogen-bond acceptors (Lipinski definition) is 6. The van der Waals surface area contributed by atoms with E-state index in [0.29, 0.717) is 42.8 Å². The molecule has 8 heteroatoms. The van der Waals surface area contributed by atoms with E-state index >= 15 is 0 Å². The van der Waals surface area contributed by atoms with Crippen LogP contribution in [0.25, 0.3) is 5.69 Å². The van der Waals surface area contributed by atoms with Gasteiger partial charge in [0.25, 0.3) is 5.91 Å². The number of rotatable bonds is 6. The van der Waals surface area contributed by atoms with Crippen LogP contribution in [-0.4, -0.2) is 34.1 Å². The molecule has 0 fully saturated rings. The highest BCUT2D eigenvalue weighted by atomic mass is 16.6. The van der Waals surface area contributed by atoms with Gasteiger partial charge in [0, 0.05) is 17.8 Å². The SMILES string of the molecule is Cc1cccc(COc2cccc(NC(=O)c3cn(-c4ccc5c(c4)OCCO5)nn3)c2)c1. The van der Waals surface area contributed by atoms with Crippen molar-refractivity contribution in [1.29, 1.82) is 0 Å². The summed E-state index contributed by atoms with van der Waals surface area (Å²) in [5.41, 5.74) is 3.78. The Bertz CT molecular complexity index is 1300. The van der Waals surface area contributed by atoms with E-state index < -0.39 is 0 Å². The molecule has 1 aromatic heterocycles. The lowest BCUT2D eigenvalue weighted by molar-refractivity contribution is 0.102. The maximum Gasteiger partial charge on any atom is 0.277 e. The molecular formula is C25H22N4O4. The normalized spacial score (nSPS) is 12.3. The quantitative estimate of drug-likeness (QED) is 0.482. The van der Waals surface area contributed by atoms with Gasteiger partial charge in [0.05, 0.1) is 11.9 Å². The lowest BCUT2D eigenvalue weighted by atomic mass is 10.1. The molecule has 3 aromatic carbocycles. The van der Waals surface area contributed by atoms with Crippen LogP contribution in [0.15, 0.2) is 72.9 Å². The number of amides is 1. The van der Waals surface area contributed by atoms with Crippen LogP contribution in [0.2, 0.25) is 0 Å². The summed E-state index contributed by atoms with van der Waals surface area (Å²) in [4.78, 5) is 12.7. The van der Waals surface area contributed by atoms with Gasteiger partial charge in [-0.3, -0.25) is 4.79 Å². The van der Waals surface area contributed by atoms with Gasteiger partial charge in [0.15, 0.2) is 17.2 Å². The largest absolute Gasteiger partial charge is 0.489 e. The summed E-state index contributed by atoms with van der Waals surface area (Å²) in [6.45, 7) is 3.51. The minimum Gasteiger partial charge on any atom is -0.489 e. The van der Waals surface area contributed by atoms with Crippen LogP contribution < -0.4 is 19.5 Å². The first-order valence-corrected chi connectivity index (χ1v) is 10.6. The highest BCUT2D eigenvalue weighted by molar-refractivity contribution is 6.02. The van der Waals surface area contributed by atoms with E-state index in [9.17, 15) is 4.79 Å². The molecule has 1 aliphatic heterocycles. The van der Waals surface area contributed by atoms with E-state index in [2.05, 4.69) is 21.7 Å². The molecule has 0 radical (unpaired) electrons. The third kappa shape index (κ3) is 4.79. The van der Waals surface area contributed by atoms with Crippen molar-refractivity contribution in [2.24, 2.45) is 0 Å². The average Bonchev–Trinajstić information content (AvgIpc) is 3.33. The molecule has 5 rings (SSSR count). The fourth-order valence-corrected chi connectivity index (χ4v) is 3.50. The smallest absolute Gasteiger partial charge is 0.277 e. The molecule has 0 bridgehead atoms. The van der Waals surface area contributed by atoms with Gasteiger partial charge >= 0.3 is 0 Å². The molecule has 2 heterocycles. The first-order valence-electron chi connectivity index (χ1n) is 10.6. The summed E-state index contributed by atoms with van der Waals surface area (Å²) >= 11 is 0. The predicted octanol–water partition coefficient (Wildman–Crippen LogP) is 4.18. The number of nitrogens with one attached hydrogen (secondary N) is 1. The summed E-state index contributed by atoms with van der Waals surface area (Å²) < 4.78 is 18.5. The Hall–Kier alpha value is -4.33. The van der Waals surface area contributed by atoms with Gasteiger partial charge in [-0.15, -0.1) is 5.10 Å². The average molecular weight is 442 g/mol. The molecule has 1 amide bonds. The Balaban J connectivity index is 1.25. The van der Waals surface area contributed by atoms with Crippen molar-refractivity contribution in [3.05, 3.63) is 89.7 Å². The molecule has 0 saturated heterocycles. The standard InChI is InChI=1S/C25H22N4O4/c1-17-4-2-5-18(12-17)16-33-21-7-3-6-19(13-21)26-25(30)22-15-29(28-27-22)20-8-9-23-24(14-20)32-11-10-31-23/h2-9,12-15H,10-11,16H2,1H3,(H,26,30). The van der Waals surface area contributed by atoms with Crippen molar-refractivity contribution >= 4 is 11.6 Å². The van der Waals surface area contributed by atoms with Crippen LogP contribution in [0.3, 0.4) is 0 Å². The molecule has 8 nitrogen and oxygen atoms in total. The van der Waals surface area contributed by atoms with E-state index in [1.54, 1.807) is 24.4 Å². The minimum absolute atomic E-state index is 0.191. The summed E-state index contributed by atoms with van der Waals surface area (Å²) in [6.07, 6.45) is 1.57. The Morgan fingerprint density at radius 2 is 1.88 bits per heavy atom. The summed E-state index contributed by atoms with van der Waals surface area (Å²) in [5.74, 6) is 1.62. The first-order chi connectivity index (χ1) is 16.1. The fourth-order valence-electron chi connectivity index (χ4n) is 3.50. The van der Waals surface area contributed by atoms with Gasteiger partial charge in [-0.05, 0) is 36.8 Å². The first kappa shape index (κ1) is 20.6. The van der Waals surface area contributed by atoms with Crippen LogP contribution in [0, 0.1) is 6.92 Å². The van der Waals surface area contributed by atoms with Gasteiger partial charge in [-0.2, -0.15) is 0 Å². The van der Waals surface area contributed by atoms with Crippen molar-refractivity contribution in [3.8, 4) is 22.9 Å². The molecule has 1 N–H and O–H groups in total. The van der Waals surface area contributed by atoms with Crippen LogP contribution in [0.1, 0.15) is 21.6 Å². The molecule has 0 aliphatic carbocycles. The van der Waals surface area contributed by atoms with E-state index in [-0.39, 0.29) is 11.6 Å². The Labute approximate surface area is 190 Å². The third-order valence-corrected chi connectivity index (χ3v) is 5.10. The highest BCUT2D eigenvalue weighted by Crippen LogP contribution is 2.31. The number of carbonyl (C=O) groups excluding carboxylic acids is 1. The van der Waals surface area contributed by atoms with Crippen molar-refractivity contribution in [1.82, 2.24) is 15.0 Å². The summed E-state index contributed by atoms with van der Waals surface area (Å²) in [5, 5.41) is 10.9. The number of carbonyl (C=O) groups is 1. The molecule has 0 spiro atoms. The number of fused-ring (bicyclic) bond motifs is 1. The number of hydrogen-bond donors (Lipinski definition) is 1. The number of anilines is 1. The molecular weight excluding hydrogens is 420 g/mol. The van der Waals surface area contributed by atoms with Crippen LogP contribution in [-0.2, 0) is 6.61 Å². The van der Waals surface area contributed by atoms with Crippen molar-refractivity contribution < 1.29 is 19.0 Å². The summed E-state index contributed by atoms with van der Waals surface area (Å²) in [7, 11) is 0. The fraction of sp³-hybridized carbons (Fsp3) is 0.160. The molecule has 0 atom stereocenters. The zero-order valence-corrected chi connectivity index (χ0v) is 18.0. The lowest BCUT2D eigenvalue weighted by Crippen LogP contribution is -2.15. The summed E-state index contributed by atoms with van der Waals surface area (Å²) in [6, 6.07) is 20.8. The maximum atomic E-state index is 12.7. The van der Waals surface area contributed by atoms with Crippen LogP contribution in [0.4, 0.5) is 5.69 Å². The van der Waals surface area contributed by atoms with Gasteiger partial charge < -0.3 is 19.5 Å². The van der Waals surface area contributed by atoms with E-state index in [1.165, 1.54) is 10.2 Å². The van der Waals surface area contributed by atoms with Crippen LogP contribution >= 0.6 is 0 Å². The number of ether oxygens (including phenoxy) is 3. The second-order valence-electron chi connectivity index (χ2n) is 7.64. The van der Waals surface area contributed by atoms with Gasteiger partial charge in [-0.25, -0.2) is 4.68 Å². The Kier molecular flexibility index (Phi) is 5.63. The van der Waals surface area contributed by atoms with Gasteiger partial charge in [-0.1, -0.05) is 41.1 Å².